The number of sulfone groups is 1. The number of rotatable bonds is 4. The number of epoxide rings is 1. The first-order valence-corrected chi connectivity index (χ1v) is 6.23. The molecular formula is C10H12O3S. The summed E-state index contributed by atoms with van der Waals surface area (Å²) < 4.78 is 28.4. The minimum atomic E-state index is -3.10. The van der Waals surface area contributed by atoms with Crippen LogP contribution in [0.1, 0.15) is 6.42 Å². The third-order valence-corrected chi connectivity index (χ3v) is 3.98. The Morgan fingerprint density at radius 2 is 1.93 bits per heavy atom. The molecule has 1 aliphatic rings. The zero-order valence-electron chi connectivity index (χ0n) is 7.72. The molecule has 2 rings (SSSR count). The van der Waals surface area contributed by atoms with Crippen molar-refractivity contribution < 1.29 is 13.2 Å². The van der Waals surface area contributed by atoms with Crippen LogP contribution in [0.25, 0.3) is 0 Å². The van der Waals surface area contributed by atoms with Gasteiger partial charge in [-0.15, -0.1) is 0 Å². The van der Waals surface area contributed by atoms with Crippen LogP contribution in [0.3, 0.4) is 0 Å². The predicted octanol–water partition coefficient (Wildman–Crippen LogP) is 1.25. The Morgan fingerprint density at radius 3 is 2.50 bits per heavy atom. The van der Waals surface area contributed by atoms with Crippen molar-refractivity contribution in [3.05, 3.63) is 30.3 Å². The van der Waals surface area contributed by atoms with Crippen molar-refractivity contribution in [1.29, 1.82) is 0 Å². The lowest BCUT2D eigenvalue weighted by molar-refractivity contribution is 0.403. The number of benzene rings is 1. The molecule has 0 N–H and O–H groups in total. The second-order valence-electron chi connectivity index (χ2n) is 3.38. The fourth-order valence-electron chi connectivity index (χ4n) is 1.27. The molecular weight excluding hydrogens is 200 g/mol. The normalized spacial score (nSPS) is 20.7. The topological polar surface area (TPSA) is 46.7 Å². The highest BCUT2D eigenvalue weighted by molar-refractivity contribution is 7.91. The second-order valence-corrected chi connectivity index (χ2v) is 5.49. The van der Waals surface area contributed by atoms with Crippen LogP contribution in [0.5, 0.6) is 0 Å². The molecule has 1 fully saturated rings. The minimum absolute atomic E-state index is 0.175. The average Bonchev–Trinajstić information content (AvgIpc) is 3.00. The quantitative estimate of drug-likeness (QED) is 0.706. The van der Waals surface area contributed by atoms with Gasteiger partial charge in [0.2, 0.25) is 0 Å². The van der Waals surface area contributed by atoms with Crippen molar-refractivity contribution in [2.75, 3.05) is 12.4 Å². The molecule has 1 saturated heterocycles. The molecule has 3 nitrogen and oxygen atoms in total. The molecule has 76 valence electrons. The van der Waals surface area contributed by atoms with Gasteiger partial charge >= 0.3 is 0 Å². The fourth-order valence-corrected chi connectivity index (χ4v) is 2.65. The Kier molecular flexibility index (Phi) is 2.56. The lowest BCUT2D eigenvalue weighted by atomic mass is 10.4. The SMILES string of the molecule is O=S(=O)(CC[C@@H]1CO1)c1ccccc1. The molecule has 1 aromatic rings. The molecule has 4 heteroatoms. The summed E-state index contributed by atoms with van der Waals surface area (Å²) in [6.45, 7) is 0.713. The Bertz CT molecular complexity index is 393. The molecule has 0 aliphatic carbocycles. The van der Waals surface area contributed by atoms with Gasteiger partial charge in [0, 0.05) is 0 Å². The standard InChI is InChI=1S/C10H12O3S/c11-14(12,7-6-9-8-13-9)10-4-2-1-3-5-10/h1-5,9H,6-8H2/t9-/m1/s1. The van der Waals surface area contributed by atoms with Crippen molar-refractivity contribution in [3.8, 4) is 0 Å². The first kappa shape index (κ1) is 9.68. The highest BCUT2D eigenvalue weighted by atomic mass is 32.2. The molecule has 1 heterocycles. The Morgan fingerprint density at radius 1 is 1.29 bits per heavy atom. The Labute approximate surface area is 83.6 Å². The van der Waals surface area contributed by atoms with Crippen molar-refractivity contribution in [2.45, 2.75) is 17.4 Å². The maximum Gasteiger partial charge on any atom is 0.178 e. The molecule has 0 spiro atoms. The molecule has 0 unspecified atom stereocenters. The molecule has 0 bridgehead atoms. The van der Waals surface area contributed by atoms with E-state index in [1.807, 2.05) is 6.07 Å². The summed E-state index contributed by atoms with van der Waals surface area (Å²) in [6, 6.07) is 8.54. The summed E-state index contributed by atoms with van der Waals surface area (Å²) >= 11 is 0. The van der Waals surface area contributed by atoms with Crippen LogP contribution in [0.2, 0.25) is 0 Å². The van der Waals surface area contributed by atoms with E-state index < -0.39 is 9.84 Å². The van der Waals surface area contributed by atoms with E-state index in [1.165, 1.54) is 0 Å². The van der Waals surface area contributed by atoms with Crippen molar-refractivity contribution in [3.63, 3.8) is 0 Å². The number of hydrogen-bond acceptors (Lipinski definition) is 3. The van der Waals surface area contributed by atoms with Gasteiger partial charge < -0.3 is 4.74 Å². The second kappa shape index (κ2) is 3.71. The van der Waals surface area contributed by atoms with E-state index in [1.54, 1.807) is 24.3 Å². The van der Waals surface area contributed by atoms with Gasteiger partial charge in [0.15, 0.2) is 9.84 Å². The smallest absolute Gasteiger partial charge is 0.178 e. The van der Waals surface area contributed by atoms with Crippen LogP contribution < -0.4 is 0 Å². The van der Waals surface area contributed by atoms with Crippen LogP contribution in [0.4, 0.5) is 0 Å². The molecule has 0 aromatic heterocycles. The number of hydrogen-bond donors (Lipinski definition) is 0. The maximum absolute atomic E-state index is 11.7. The van der Waals surface area contributed by atoms with Gasteiger partial charge in [-0.25, -0.2) is 8.42 Å². The largest absolute Gasteiger partial charge is 0.373 e. The first-order valence-electron chi connectivity index (χ1n) is 4.58. The lowest BCUT2D eigenvalue weighted by Crippen LogP contribution is -2.08. The Balaban J connectivity index is 2.07. The predicted molar refractivity (Wildman–Crippen MR) is 52.9 cm³/mol. The Hall–Kier alpha value is -0.870. The van der Waals surface area contributed by atoms with Crippen molar-refractivity contribution >= 4 is 9.84 Å². The fraction of sp³-hybridized carbons (Fsp3) is 0.400. The molecule has 14 heavy (non-hydrogen) atoms. The van der Waals surface area contributed by atoms with Gasteiger partial charge in [-0.2, -0.15) is 0 Å². The highest BCUT2D eigenvalue weighted by Crippen LogP contribution is 2.18. The van der Waals surface area contributed by atoms with Crippen LogP contribution in [0.15, 0.2) is 35.2 Å². The van der Waals surface area contributed by atoms with E-state index in [-0.39, 0.29) is 11.9 Å². The third kappa shape index (κ3) is 2.33. The maximum atomic E-state index is 11.7. The van der Waals surface area contributed by atoms with Gasteiger partial charge in [-0.1, -0.05) is 18.2 Å². The molecule has 0 amide bonds. The first-order chi connectivity index (χ1) is 6.68. The van der Waals surface area contributed by atoms with Gasteiger partial charge in [-0.05, 0) is 18.6 Å². The summed E-state index contributed by atoms with van der Waals surface area (Å²) in [6.07, 6.45) is 0.783. The van der Waals surface area contributed by atoms with Crippen LogP contribution in [0, 0.1) is 0 Å². The van der Waals surface area contributed by atoms with Gasteiger partial charge in [0.05, 0.1) is 23.4 Å². The molecule has 1 aliphatic heterocycles. The summed E-state index contributed by atoms with van der Waals surface area (Å²) in [4.78, 5) is 0.403. The summed E-state index contributed by atoms with van der Waals surface area (Å²) in [5.41, 5.74) is 0. The summed E-state index contributed by atoms with van der Waals surface area (Å²) in [5, 5.41) is 0. The van der Waals surface area contributed by atoms with Crippen molar-refractivity contribution in [2.24, 2.45) is 0 Å². The number of ether oxygens (including phenoxy) is 1. The molecule has 0 saturated carbocycles. The average molecular weight is 212 g/mol. The van der Waals surface area contributed by atoms with E-state index in [0.29, 0.717) is 17.9 Å². The van der Waals surface area contributed by atoms with E-state index in [2.05, 4.69) is 0 Å². The lowest BCUT2D eigenvalue weighted by Gasteiger charge is -2.01. The van der Waals surface area contributed by atoms with Crippen LogP contribution in [-0.4, -0.2) is 26.9 Å². The van der Waals surface area contributed by atoms with E-state index in [0.717, 1.165) is 0 Å². The van der Waals surface area contributed by atoms with Crippen LogP contribution in [-0.2, 0) is 14.6 Å². The third-order valence-electron chi connectivity index (χ3n) is 2.21. The monoisotopic (exact) mass is 212 g/mol. The van der Waals surface area contributed by atoms with E-state index in [4.69, 9.17) is 4.74 Å². The minimum Gasteiger partial charge on any atom is -0.373 e. The van der Waals surface area contributed by atoms with Gasteiger partial charge in [-0.3, -0.25) is 0 Å². The summed E-state index contributed by atoms with van der Waals surface area (Å²) in [5.74, 6) is 0.182. The van der Waals surface area contributed by atoms with E-state index in [9.17, 15) is 8.42 Å². The molecule has 1 atom stereocenters. The molecule has 0 radical (unpaired) electrons. The van der Waals surface area contributed by atoms with Gasteiger partial charge in [0.25, 0.3) is 0 Å². The van der Waals surface area contributed by atoms with Crippen LogP contribution >= 0.6 is 0 Å². The molecule has 1 aromatic carbocycles. The van der Waals surface area contributed by atoms with Gasteiger partial charge in [0.1, 0.15) is 0 Å². The summed E-state index contributed by atoms with van der Waals surface area (Å²) in [7, 11) is -3.10. The zero-order valence-corrected chi connectivity index (χ0v) is 8.53. The van der Waals surface area contributed by atoms with E-state index >= 15 is 0 Å². The van der Waals surface area contributed by atoms with Crippen molar-refractivity contribution in [1.82, 2.24) is 0 Å². The zero-order chi connectivity index (χ0) is 10.0. The highest BCUT2D eigenvalue weighted by Gasteiger charge is 2.25.